The van der Waals surface area contributed by atoms with E-state index in [0.29, 0.717) is 18.5 Å². The van der Waals surface area contributed by atoms with Gasteiger partial charge in [-0.3, -0.25) is 0 Å². The second-order valence-electron chi connectivity index (χ2n) is 4.55. The number of ether oxygens (including phenoxy) is 1. The molecule has 2 rings (SSSR count). The van der Waals surface area contributed by atoms with Crippen LogP contribution in [-0.4, -0.2) is 45.9 Å². The average molecular weight is 267 g/mol. The third-order valence-corrected chi connectivity index (χ3v) is 3.16. The minimum absolute atomic E-state index is 0.00432. The van der Waals surface area contributed by atoms with E-state index in [1.165, 1.54) is 0 Å². The van der Waals surface area contributed by atoms with Gasteiger partial charge < -0.3 is 20.5 Å². The summed E-state index contributed by atoms with van der Waals surface area (Å²) >= 11 is 0. The monoisotopic (exact) mass is 267 g/mol. The summed E-state index contributed by atoms with van der Waals surface area (Å²) in [6.45, 7) is 2.37. The van der Waals surface area contributed by atoms with Crippen molar-refractivity contribution in [3.05, 3.63) is 0 Å². The van der Waals surface area contributed by atoms with Crippen LogP contribution in [0.1, 0.15) is 32.6 Å². The molecule has 1 heterocycles. The molecule has 0 amide bonds. The summed E-state index contributed by atoms with van der Waals surface area (Å²) in [6, 6.07) is 0.282. The van der Waals surface area contributed by atoms with Gasteiger partial charge in [-0.1, -0.05) is 12.8 Å². The van der Waals surface area contributed by atoms with Crippen LogP contribution >= 0.6 is 0 Å². The second-order valence-corrected chi connectivity index (χ2v) is 4.55. The number of rotatable bonds is 5. The lowest BCUT2D eigenvalue weighted by molar-refractivity contribution is 0.116. The summed E-state index contributed by atoms with van der Waals surface area (Å²) in [4.78, 5) is 12.5. The number of aliphatic hydroxyl groups excluding tert-OH is 1. The highest BCUT2D eigenvalue weighted by Gasteiger charge is 2.24. The topological polar surface area (TPSA) is 92.2 Å². The summed E-state index contributed by atoms with van der Waals surface area (Å²) in [7, 11) is 1.74. The molecule has 2 unspecified atom stereocenters. The summed E-state index contributed by atoms with van der Waals surface area (Å²) < 4.78 is 5.30. The molecule has 0 spiro atoms. The third-order valence-electron chi connectivity index (χ3n) is 3.16. The van der Waals surface area contributed by atoms with Crippen LogP contribution in [0.2, 0.25) is 0 Å². The van der Waals surface area contributed by atoms with Crippen LogP contribution in [-0.2, 0) is 0 Å². The maximum Gasteiger partial charge on any atom is 0.323 e. The number of anilines is 2. The number of aromatic nitrogens is 3. The Morgan fingerprint density at radius 1 is 1.21 bits per heavy atom. The minimum atomic E-state index is -0.348. The molecule has 106 valence electrons. The van der Waals surface area contributed by atoms with E-state index < -0.39 is 0 Å². The largest absolute Gasteiger partial charge is 0.464 e. The van der Waals surface area contributed by atoms with Crippen molar-refractivity contribution >= 4 is 11.9 Å². The minimum Gasteiger partial charge on any atom is -0.464 e. The van der Waals surface area contributed by atoms with Gasteiger partial charge in [0.15, 0.2) is 0 Å². The van der Waals surface area contributed by atoms with Crippen LogP contribution < -0.4 is 15.4 Å². The van der Waals surface area contributed by atoms with Gasteiger partial charge in [0.25, 0.3) is 0 Å². The number of hydrogen-bond acceptors (Lipinski definition) is 7. The Balaban J connectivity index is 2.11. The van der Waals surface area contributed by atoms with Gasteiger partial charge in [0.1, 0.15) is 0 Å². The molecule has 1 aliphatic carbocycles. The molecule has 7 nitrogen and oxygen atoms in total. The fourth-order valence-electron chi connectivity index (χ4n) is 2.17. The first kappa shape index (κ1) is 13.8. The number of hydrogen-bond donors (Lipinski definition) is 3. The van der Waals surface area contributed by atoms with Gasteiger partial charge in [-0.05, 0) is 19.8 Å². The summed E-state index contributed by atoms with van der Waals surface area (Å²) in [5.74, 6) is 0.889. The highest BCUT2D eigenvalue weighted by Crippen LogP contribution is 2.21. The van der Waals surface area contributed by atoms with Crippen molar-refractivity contribution in [2.24, 2.45) is 0 Å². The zero-order chi connectivity index (χ0) is 13.7. The van der Waals surface area contributed by atoms with E-state index in [1.807, 2.05) is 6.92 Å². The third kappa shape index (κ3) is 3.66. The SMILES string of the molecule is CCOc1nc(NC)nc(NC2CCCCC2O)n1. The van der Waals surface area contributed by atoms with Crippen LogP contribution in [0.25, 0.3) is 0 Å². The van der Waals surface area contributed by atoms with Gasteiger partial charge in [0, 0.05) is 7.05 Å². The summed E-state index contributed by atoms with van der Waals surface area (Å²) in [6.07, 6.45) is 3.57. The molecule has 0 radical (unpaired) electrons. The van der Waals surface area contributed by atoms with Gasteiger partial charge in [-0.2, -0.15) is 15.0 Å². The zero-order valence-corrected chi connectivity index (χ0v) is 11.4. The summed E-state index contributed by atoms with van der Waals surface area (Å²) in [5.41, 5.74) is 0. The Hall–Kier alpha value is -1.63. The molecule has 7 heteroatoms. The molecule has 1 saturated carbocycles. The Bertz CT molecular complexity index is 415. The van der Waals surface area contributed by atoms with E-state index >= 15 is 0 Å². The quantitative estimate of drug-likeness (QED) is 0.733. The second kappa shape index (κ2) is 6.51. The van der Waals surface area contributed by atoms with Crippen LogP contribution in [0.3, 0.4) is 0 Å². The van der Waals surface area contributed by atoms with E-state index in [2.05, 4.69) is 25.6 Å². The number of aliphatic hydroxyl groups is 1. The molecule has 2 atom stereocenters. The van der Waals surface area contributed by atoms with E-state index in [4.69, 9.17) is 4.74 Å². The lowest BCUT2D eigenvalue weighted by Gasteiger charge is -2.28. The Morgan fingerprint density at radius 3 is 2.63 bits per heavy atom. The predicted octanol–water partition coefficient (Wildman–Crippen LogP) is 1.03. The van der Waals surface area contributed by atoms with Gasteiger partial charge in [0.2, 0.25) is 11.9 Å². The highest BCUT2D eigenvalue weighted by molar-refractivity contribution is 5.36. The van der Waals surface area contributed by atoms with Crippen LogP contribution in [0.5, 0.6) is 6.01 Å². The van der Waals surface area contributed by atoms with E-state index in [0.717, 1.165) is 25.7 Å². The fraction of sp³-hybridized carbons (Fsp3) is 0.750. The first-order chi connectivity index (χ1) is 9.22. The predicted molar refractivity (Wildman–Crippen MR) is 72.4 cm³/mol. The van der Waals surface area contributed by atoms with E-state index in [1.54, 1.807) is 7.05 Å². The molecule has 1 fully saturated rings. The maximum absolute atomic E-state index is 9.95. The van der Waals surface area contributed by atoms with Gasteiger partial charge >= 0.3 is 6.01 Å². The number of nitrogens with zero attached hydrogens (tertiary/aromatic N) is 3. The molecular weight excluding hydrogens is 246 g/mol. The molecule has 1 aliphatic rings. The van der Waals surface area contributed by atoms with E-state index in [9.17, 15) is 5.11 Å². The molecule has 0 aliphatic heterocycles. The molecular formula is C12H21N5O2. The van der Waals surface area contributed by atoms with E-state index in [-0.39, 0.29) is 18.2 Å². The Labute approximate surface area is 112 Å². The smallest absolute Gasteiger partial charge is 0.323 e. The lowest BCUT2D eigenvalue weighted by Crippen LogP contribution is -2.37. The Morgan fingerprint density at radius 2 is 1.95 bits per heavy atom. The van der Waals surface area contributed by atoms with Crippen molar-refractivity contribution in [3.8, 4) is 6.01 Å². The van der Waals surface area contributed by atoms with Crippen LogP contribution in [0.4, 0.5) is 11.9 Å². The highest BCUT2D eigenvalue weighted by atomic mass is 16.5. The summed E-state index contributed by atoms with van der Waals surface area (Å²) in [5, 5.41) is 16.0. The van der Waals surface area contributed by atoms with Crippen LogP contribution in [0, 0.1) is 0 Å². The van der Waals surface area contributed by atoms with Crippen LogP contribution in [0.15, 0.2) is 0 Å². The van der Waals surface area contributed by atoms with Gasteiger partial charge in [-0.15, -0.1) is 0 Å². The van der Waals surface area contributed by atoms with Crippen molar-refractivity contribution in [1.29, 1.82) is 0 Å². The van der Waals surface area contributed by atoms with Crippen molar-refractivity contribution in [2.45, 2.75) is 44.8 Å². The fourth-order valence-corrected chi connectivity index (χ4v) is 2.17. The molecule has 0 aromatic carbocycles. The van der Waals surface area contributed by atoms with Crippen molar-refractivity contribution in [1.82, 2.24) is 15.0 Å². The first-order valence-corrected chi connectivity index (χ1v) is 6.74. The standard InChI is InChI=1S/C12H21N5O2/c1-3-19-12-16-10(13-2)15-11(17-12)14-8-6-4-5-7-9(8)18/h8-9,18H,3-7H2,1-2H3,(H2,13,14,15,16,17). The molecule has 1 aromatic heterocycles. The van der Waals surface area contributed by atoms with Gasteiger partial charge in [0.05, 0.1) is 18.8 Å². The Kier molecular flexibility index (Phi) is 4.73. The molecule has 1 aromatic rings. The number of nitrogens with one attached hydrogen (secondary N) is 2. The lowest BCUT2D eigenvalue weighted by atomic mass is 9.93. The first-order valence-electron chi connectivity index (χ1n) is 6.74. The molecule has 19 heavy (non-hydrogen) atoms. The normalized spacial score (nSPS) is 22.9. The average Bonchev–Trinajstić information content (AvgIpc) is 2.41. The van der Waals surface area contributed by atoms with Crippen molar-refractivity contribution in [2.75, 3.05) is 24.3 Å². The zero-order valence-electron chi connectivity index (χ0n) is 11.4. The molecule has 0 saturated heterocycles. The molecule has 3 N–H and O–H groups in total. The van der Waals surface area contributed by atoms with Crippen molar-refractivity contribution in [3.63, 3.8) is 0 Å². The van der Waals surface area contributed by atoms with Gasteiger partial charge in [-0.25, -0.2) is 0 Å². The maximum atomic E-state index is 9.95. The molecule has 0 bridgehead atoms. The van der Waals surface area contributed by atoms with Crippen molar-refractivity contribution < 1.29 is 9.84 Å².